The van der Waals surface area contributed by atoms with E-state index in [4.69, 9.17) is 0 Å². The van der Waals surface area contributed by atoms with Crippen LogP contribution < -0.4 is 5.56 Å². The largest absolute Gasteiger partial charge is 0.310 e. The van der Waals surface area contributed by atoms with E-state index < -0.39 is 0 Å². The Bertz CT molecular complexity index is 528. The van der Waals surface area contributed by atoms with Crippen molar-refractivity contribution in [2.45, 2.75) is 13.3 Å². The van der Waals surface area contributed by atoms with Gasteiger partial charge in [0.2, 0.25) is 0 Å². The van der Waals surface area contributed by atoms with Crippen LogP contribution >= 0.6 is 0 Å². The summed E-state index contributed by atoms with van der Waals surface area (Å²) in [6.45, 7) is 1.99. The molecule has 0 N–H and O–H groups in total. The molecule has 2 aromatic heterocycles. The standard InChI is InChI=1S/C11H12N2O/c1-3-8-6-9-4-5-12-7-10(9)13(2)11(8)14/h4-7H,3H2,1-2H3. The van der Waals surface area contributed by atoms with Gasteiger partial charge in [0.1, 0.15) is 0 Å². The van der Waals surface area contributed by atoms with Crippen LogP contribution in [-0.4, -0.2) is 9.55 Å². The number of fused-ring (bicyclic) bond motifs is 1. The minimum atomic E-state index is 0.0769. The molecule has 2 rings (SSSR count). The van der Waals surface area contributed by atoms with Crippen molar-refractivity contribution in [1.82, 2.24) is 9.55 Å². The fourth-order valence-electron chi connectivity index (χ4n) is 1.63. The molecule has 0 unspecified atom stereocenters. The van der Waals surface area contributed by atoms with E-state index in [1.165, 1.54) is 0 Å². The van der Waals surface area contributed by atoms with E-state index >= 15 is 0 Å². The lowest BCUT2D eigenvalue weighted by molar-refractivity contribution is 0.873. The van der Waals surface area contributed by atoms with Crippen molar-refractivity contribution in [3.05, 3.63) is 40.4 Å². The molecule has 0 saturated carbocycles. The molecule has 0 amide bonds. The second kappa shape index (κ2) is 3.25. The number of nitrogens with zero attached hydrogens (tertiary/aromatic N) is 2. The molecular formula is C11H12N2O. The van der Waals surface area contributed by atoms with Crippen molar-refractivity contribution in [1.29, 1.82) is 0 Å². The number of rotatable bonds is 1. The first-order valence-electron chi connectivity index (χ1n) is 4.66. The molecule has 0 atom stereocenters. The lowest BCUT2D eigenvalue weighted by atomic mass is 10.1. The van der Waals surface area contributed by atoms with Crippen molar-refractivity contribution in [3.63, 3.8) is 0 Å². The zero-order chi connectivity index (χ0) is 10.1. The summed E-state index contributed by atoms with van der Waals surface area (Å²) in [4.78, 5) is 15.8. The van der Waals surface area contributed by atoms with Gasteiger partial charge in [-0.2, -0.15) is 0 Å². The molecule has 2 heterocycles. The third-order valence-corrected chi connectivity index (χ3v) is 2.48. The number of pyridine rings is 2. The van der Waals surface area contributed by atoms with E-state index in [9.17, 15) is 4.79 Å². The highest BCUT2D eigenvalue weighted by atomic mass is 16.1. The summed E-state index contributed by atoms with van der Waals surface area (Å²) >= 11 is 0. The van der Waals surface area contributed by atoms with Crippen molar-refractivity contribution < 1.29 is 0 Å². The van der Waals surface area contributed by atoms with E-state index in [-0.39, 0.29) is 5.56 Å². The molecule has 2 aromatic rings. The van der Waals surface area contributed by atoms with Gasteiger partial charge in [0.05, 0.1) is 11.7 Å². The molecule has 14 heavy (non-hydrogen) atoms. The topological polar surface area (TPSA) is 34.9 Å². The summed E-state index contributed by atoms with van der Waals surface area (Å²) < 4.78 is 1.65. The van der Waals surface area contributed by atoms with Gasteiger partial charge in [0.15, 0.2) is 0 Å². The predicted molar refractivity (Wildman–Crippen MR) is 56.4 cm³/mol. The molecule has 72 valence electrons. The highest BCUT2D eigenvalue weighted by Gasteiger charge is 2.03. The summed E-state index contributed by atoms with van der Waals surface area (Å²) in [5.74, 6) is 0. The van der Waals surface area contributed by atoms with Gasteiger partial charge in [-0.15, -0.1) is 0 Å². The molecule has 3 heteroatoms. The molecule has 0 aliphatic rings. The highest BCUT2D eigenvalue weighted by molar-refractivity contribution is 5.78. The van der Waals surface area contributed by atoms with Crippen LogP contribution in [0, 0.1) is 0 Å². The van der Waals surface area contributed by atoms with Crippen LogP contribution in [0.25, 0.3) is 10.9 Å². The van der Waals surface area contributed by atoms with E-state index in [1.54, 1.807) is 24.0 Å². The van der Waals surface area contributed by atoms with Crippen molar-refractivity contribution in [3.8, 4) is 0 Å². The Morgan fingerprint density at radius 3 is 3.00 bits per heavy atom. The minimum Gasteiger partial charge on any atom is -0.310 e. The zero-order valence-corrected chi connectivity index (χ0v) is 8.32. The van der Waals surface area contributed by atoms with Crippen molar-refractivity contribution >= 4 is 10.9 Å². The van der Waals surface area contributed by atoms with Gasteiger partial charge in [-0.05, 0) is 18.6 Å². The summed E-state index contributed by atoms with van der Waals surface area (Å²) in [6, 6.07) is 3.87. The fraction of sp³-hybridized carbons (Fsp3) is 0.273. The maximum Gasteiger partial charge on any atom is 0.254 e. The first-order chi connectivity index (χ1) is 6.74. The van der Waals surface area contributed by atoms with Crippen molar-refractivity contribution in [2.24, 2.45) is 7.05 Å². The smallest absolute Gasteiger partial charge is 0.254 e. The van der Waals surface area contributed by atoms with Gasteiger partial charge in [-0.25, -0.2) is 0 Å². The van der Waals surface area contributed by atoms with E-state index in [0.29, 0.717) is 0 Å². The number of aryl methyl sites for hydroxylation is 2. The molecule has 0 aliphatic carbocycles. The number of aromatic nitrogens is 2. The lowest BCUT2D eigenvalue weighted by Gasteiger charge is -2.06. The Balaban J connectivity index is 2.92. The Morgan fingerprint density at radius 2 is 2.29 bits per heavy atom. The third kappa shape index (κ3) is 1.21. The highest BCUT2D eigenvalue weighted by Crippen LogP contribution is 2.10. The second-order valence-electron chi connectivity index (χ2n) is 3.32. The number of hydrogen-bond acceptors (Lipinski definition) is 2. The van der Waals surface area contributed by atoms with E-state index in [1.807, 2.05) is 19.1 Å². The SMILES string of the molecule is CCc1cc2ccncc2n(C)c1=O. The summed E-state index contributed by atoms with van der Waals surface area (Å²) in [6.07, 6.45) is 4.23. The Hall–Kier alpha value is -1.64. The van der Waals surface area contributed by atoms with Crippen LogP contribution in [0.4, 0.5) is 0 Å². The molecule has 0 bridgehead atoms. The molecule has 0 radical (unpaired) electrons. The quantitative estimate of drug-likeness (QED) is 0.679. The van der Waals surface area contributed by atoms with Gasteiger partial charge in [-0.1, -0.05) is 6.92 Å². The molecular weight excluding hydrogens is 176 g/mol. The zero-order valence-electron chi connectivity index (χ0n) is 8.32. The van der Waals surface area contributed by atoms with Gasteiger partial charge in [0, 0.05) is 24.2 Å². The first-order valence-corrected chi connectivity index (χ1v) is 4.66. The van der Waals surface area contributed by atoms with Crippen LogP contribution in [-0.2, 0) is 13.5 Å². The molecule has 0 saturated heterocycles. The molecule has 0 aromatic carbocycles. The molecule has 0 fully saturated rings. The minimum absolute atomic E-state index is 0.0769. The van der Waals surface area contributed by atoms with Crippen LogP contribution in [0.5, 0.6) is 0 Å². The Morgan fingerprint density at radius 1 is 1.50 bits per heavy atom. The number of hydrogen-bond donors (Lipinski definition) is 0. The van der Waals surface area contributed by atoms with Gasteiger partial charge < -0.3 is 4.57 Å². The lowest BCUT2D eigenvalue weighted by Crippen LogP contribution is -2.20. The maximum atomic E-state index is 11.7. The van der Waals surface area contributed by atoms with E-state index in [0.717, 1.165) is 22.9 Å². The first kappa shape index (κ1) is 8.94. The van der Waals surface area contributed by atoms with Crippen LogP contribution in [0.3, 0.4) is 0 Å². The Kier molecular flexibility index (Phi) is 2.08. The monoisotopic (exact) mass is 188 g/mol. The summed E-state index contributed by atoms with van der Waals surface area (Å²) in [7, 11) is 1.78. The van der Waals surface area contributed by atoms with Crippen LogP contribution in [0.1, 0.15) is 12.5 Å². The third-order valence-electron chi connectivity index (χ3n) is 2.48. The summed E-state index contributed by atoms with van der Waals surface area (Å²) in [5.41, 5.74) is 1.81. The van der Waals surface area contributed by atoms with Gasteiger partial charge >= 0.3 is 0 Å². The van der Waals surface area contributed by atoms with Crippen molar-refractivity contribution in [2.75, 3.05) is 0 Å². The van der Waals surface area contributed by atoms with Gasteiger partial charge in [-0.3, -0.25) is 9.78 Å². The van der Waals surface area contributed by atoms with E-state index in [2.05, 4.69) is 4.98 Å². The molecule has 3 nitrogen and oxygen atoms in total. The molecule has 0 spiro atoms. The Labute approximate surface area is 82.0 Å². The molecule has 0 aliphatic heterocycles. The fourth-order valence-corrected chi connectivity index (χ4v) is 1.63. The second-order valence-corrected chi connectivity index (χ2v) is 3.32. The average molecular weight is 188 g/mol. The summed E-state index contributed by atoms with van der Waals surface area (Å²) in [5, 5.41) is 1.07. The predicted octanol–water partition coefficient (Wildman–Crippen LogP) is 1.50. The van der Waals surface area contributed by atoms with Crippen LogP contribution in [0.2, 0.25) is 0 Å². The maximum absolute atomic E-state index is 11.7. The average Bonchev–Trinajstić information content (AvgIpc) is 2.23. The van der Waals surface area contributed by atoms with Crippen LogP contribution in [0.15, 0.2) is 29.3 Å². The normalized spacial score (nSPS) is 10.7. The van der Waals surface area contributed by atoms with Gasteiger partial charge in [0.25, 0.3) is 5.56 Å².